The van der Waals surface area contributed by atoms with Crippen LogP contribution in [0.4, 0.5) is 0 Å². The summed E-state index contributed by atoms with van der Waals surface area (Å²) in [5, 5.41) is 0. The largest absolute Gasteiger partial charge is 0.375 e. The van der Waals surface area contributed by atoms with Crippen LogP contribution in [0.3, 0.4) is 0 Å². The van der Waals surface area contributed by atoms with Crippen molar-refractivity contribution in [1.29, 1.82) is 0 Å². The minimum Gasteiger partial charge on any atom is -0.375 e. The number of ether oxygens (including phenoxy) is 1. The normalized spacial score (nSPS) is 28.5. The standard InChI is InChI=1S/C17H34N2O/c1-16(2,3)7-8-19-14-11-15(19)13-18(12-14)9-10-20-17(4,5)6/h14-15H,7-13H2,1-6H3. The zero-order chi connectivity index (χ0) is 15.0. The molecule has 0 saturated carbocycles. The Morgan fingerprint density at radius 2 is 1.55 bits per heavy atom. The van der Waals surface area contributed by atoms with E-state index in [0.29, 0.717) is 5.41 Å². The lowest BCUT2D eigenvalue weighted by molar-refractivity contribution is -0.0858. The van der Waals surface area contributed by atoms with E-state index in [1.807, 2.05) is 0 Å². The molecule has 0 aromatic carbocycles. The van der Waals surface area contributed by atoms with E-state index in [1.54, 1.807) is 0 Å². The zero-order valence-corrected chi connectivity index (χ0v) is 14.4. The van der Waals surface area contributed by atoms with Gasteiger partial charge in [-0.1, -0.05) is 20.8 Å². The van der Waals surface area contributed by atoms with Gasteiger partial charge >= 0.3 is 0 Å². The first-order chi connectivity index (χ1) is 9.14. The molecule has 20 heavy (non-hydrogen) atoms. The Morgan fingerprint density at radius 1 is 0.950 bits per heavy atom. The first kappa shape index (κ1) is 16.3. The van der Waals surface area contributed by atoms with E-state index < -0.39 is 0 Å². The third-order valence-corrected chi connectivity index (χ3v) is 4.48. The second-order valence-electron chi connectivity index (χ2n) is 8.81. The zero-order valence-electron chi connectivity index (χ0n) is 14.4. The van der Waals surface area contributed by atoms with Crippen LogP contribution in [0.15, 0.2) is 0 Å². The van der Waals surface area contributed by atoms with Gasteiger partial charge in [-0.2, -0.15) is 0 Å². The van der Waals surface area contributed by atoms with E-state index in [-0.39, 0.29) is 5.60 Å². The summed E-state index contributed by atoms with van der Waals surface area (Å²) >= 11 is 0. The lowest BCUT2D eigenvalue weighted by atomic mass is 9.84. The molecular formula is C17H34N2O. The Hall–Kier alpha value is -0.120. The molecule has 118 valence electrons. The Labute approximate surface area is 125 Å². The maximum absolute atomic E-state index is 5.85. The average Bonchev–Trinajstić information content (AvgIpc) is 2.25. The van der Waals surface area contributed by atoms with Crippen molar-refractivity contribution in [3.63, 3.8) is 0 Å². The molecule has 2 atom stereocenters. The summed E-state index contributed by atoms with van der Waals surface area (Å²) in [6, 6.07) is 1.62. The van der Waals surface area contributed by atoms with Gasteiger partial charge in [0.05, 0.1) is 12.2 Å². The summed E-state index contributed by atoms with van der Waals surface area (Å²) in [4.78, 5) is 5.34. The van der Waals surface area contributed by atoms with Gasteiger partial charge in [-0.15, -0.1) is 0 Å². The van der Waals surface area contributed by atoms with Crippen LogP contribution in [0, 0.1) is 5.41 Å². The molecule has 0 spiro atoms. The first-order valence-corrected chi connectivity index (χ1v) is 8.26. The van der Waals surface area contributed by atoms with E-state index in [0.717, 1.165) is 25.2 Å². The third kappa shape index (κ3) is 4.71. The van der Waals surface area contributed by atoms with Crippen LogP contribution in [-0.4, -0.2) is 60.3 Å². The minimum absolute atomic E-state index is 0.00253. The molecule has 0 amide bonds. The van der Waals surface area contributed by atoms with Gasteiger partial charge in [-0.05, 0) is 45.6 Å². The number of rotatable bonds is 5. The summed E-state index contributed by atoms with van der Waals surface area (Å²) in [7, 11) is 0. The number of hydrogen-bond acceptors (Lipinski definition) is 3. The van der Waals surface area contributed by atoms with Gasteiger partial charge in [0.2, 0.25) is 0 Å². The van der Waals surface area contributed by atoms with Gasteiger partial charge in [0.25, 0.3) is 0 Å². The SMILES string of the molecule is CC(C)(C)CCN1C2CC1CN(CCOC(C)(C)C)C2. The van der Waals surface area contributed by atoms with Gasteiger partial charge < -0.3 is 4.74 Å². The number of hydrogen-bond donors (Lipinski definition) is 0. The Morgan fingerprint density at radius 3 is 2.05 bits per heavy atom. The van der Waals surface area contributed by atoms with E-state index >= 15 is 0 Å². The molecule has 0 aromatic rings. The summed E-state index contributed by atoms with van der Waals surface area (Å²) in [5.74, 6) is 0. The van der Waals surface area contributed by atoms with Crippen LogP contribution in [0.25, 0.3) is 0 Å². The van der Waals surface area contributed by atoms with E-state index in [4.69, 9.17) is 4.74 Å². The van der Waals surface area contributed by atoms with Crippen molar-refractivity contribution in [1.82, 2.24) is 9.80 Å². The second kappa shape index (κ2) is 5.94. The molecule has 2 unspecified atom stereocenters. The van der Waals surface area contributed by atoms with Crippen LogP contribution >= 0.6 is 0 Å². The predicted octanol–water partition coefficient (Wildman–Crippen LogP) is 3.00. The van der Waals surface area contributed by atoms with Crippen LogP contribution in [0.1, 0.15) is 54.4 Å². The summed E-state index contributed by atoms with van der Waals surface area (Å²) < 4.78 is 5.85. The Bertz CT molecular complexity index is 304. The van der Waals surface area contributed by atoms with Gasteiger partial charge in [-0.3, -0.25) is 9.80 Å². The van der Waals surface area contributed by atoms with E-state index in [9.17, 15) is 0 Å². The molecule has 2 bridgehead atoms. The lowest BCUT2D eigenvalue weighted by Gasteiger charge is -2.57. The van der Waals surface area contributed by atoms with Crippen molar-refractivity contribution in [3.8, 4) is 0 Å². The molecule has 3 aliphatic rings. The molecule has 3 rings (SSSR count). The van der Waals surface area contributed by atoms with Crippen LogP contribution in [0.2, 0.25) is 0 Å². The van der Waals surface area contributed by atoms with Crippen molar-refractivity contribution in [2.45, 2.75) is 72.1 Å². The fourth-order valence-electron chi connectivity index (χ4n) is 3.27. The van der Waals surface area contributed by atoms with Crippen molar-refractivity contribution in [3.05, 3.63) is 0 Å². The maximum Gasteiger partial charge on any atom is 0.0600 e. The van der Waals surface area contributed by atoms with Gasteiger partial charge in [0.1, 0.15) is 0 Å². The minimum atomic E-state index is -0.00253. The molecule has 0 N–H and O–H groups in total. The van der Waals surface area contributed by atoms with E-state index in [2.05, 4.69) is 51.3 Å². The lowest BCUT2D eigenvalue weighted by Crippen LogP contribution is -2.69. The quantitative estimate of drug-likeness (QED) is 0.771. The molecule has 3 heterocycles. The molecule has 3 fully saturated rings. The third-order valence-electron chi connectivity index (χ3n) is 4.48. The fourth-order valence-corrected chi connectivity index (χ4v) is 3.27. The monoisotopic (exact) mass is 282 g/mol. The highest BCUT2D eigenvalue weighted by Crippen LogP contribution is 2.33. The highest BCUT2D eigenvalue weighted by molar-refractivity contribution is 5.00. The van der Waals surface area contributed by atoms with Gasteiger partial charge in [0.15, 0.2) is 0 Å². The summed E-state index contributed by atoms with van der Waals surface area (Å²) in [5.41, 5.74) is 0.460. The highest BCUT2D eigenvalue weighted by atomic mass is 16.5. The fraction of sp³-hybridized carbons (Fsp3) is 1.00. The molecule has 3 heteroatoms. The number of piperidine rings is 1. The molecule has 0 aromatic heterocycles. The maximum atomic E-state index is 5.85. The Balaban J connectivity index is 1.67. The van der Waals surface area contributed by atoms with Crippen LogP contribution in [-0.2, 0) is 4.74 Å². The summed E-state index contributed by atoms with van der Waals surface area (Å²) in [6.45, 7) is 19.2. The number of piperazine rings is 1. The van der Waals surface area contributed by atoms with Crippen molar-refractivity contribution in [2.75, 3.05) is 32.8 Å². The van der Waals surface area contributed by atoms with Gasteiger partial charge in [-0.25, -0.2) is 0 Å². The molecule has 0 radical (unpaired) electrons. The van der Waals surface area contributed by atoms with Crippen LogP contribution < -0.4 is 0 Å². The molecule has 3 nitrogen and oxygen atoms in total. The summed E-state index contributed by atoms with van der Waals surface area (Å²) in [6.07, 6.45) is 2.73. The smallest absolute Gasteiger partial charge is 0.0600 e. The molecule has 3 aliphatic heterocycles. The predicted molar refractivity (Wildman–Crippen MR) is 85.1 cm³/mol. The Kier molecular flexibility index (Phi) is 4.83. The second-order valence-corrected chi connectivity index (χ2v) is 8.81. The van der Waals surface area contributed by atoms with Crippen molar-refractivity contribution < 1.29 is 4.74 Å². The molecular weight excluding hydrogens is 248 g/mol. The van der Waals surface area contributed by atoms with E-state index in [1.165, 1.54) is 32.5 Å². The number of fused-ring (bicyclic) bond motifs is 2. The average molecular weight is 282 g/mol. The molecule has 0 aliphatic carbocycles. The topological polar surface area (TPSA) is 15.7 Å². The van der Waals surface area contributed by atoms with Crippen LogP contribution in [0.5, 0.6) is 0 Å². The highest BCUT2D eigenvalue weighted by Gasteiger charge is 2.44. The molecule has 3 saturated heterocycles. The van der Waals surface area contributed by atoms with Gasteiger partial charge in [0, 0.05) is 31.7 Å². The van der Waals surface area contributed by atoms with Crippen molar-refractivity contribution in [2.24, 2.45) is 5.41 Å². The number of nitrogens with zero attached hydrogens (tertiary/aromatic N) is 2. The van der Waals surface area contributed by atoms with Crippen molar-refractivity contribution >= 4 is 0 Å². The first-order valence-electron chi connectivity index (χ1n) is 8.26.